The molecule has 1 saturated heterocycles. The zero-order valence-electron chi connectivity index (χ0n) is 20.3. The summed E-state index contributed by atoms with van der Waals surface area (Å²) < 4.78 is 8.03. The predicted octanol–water partition coefficient (Wildman–Crippen LogP) is 5.20. The second kappa shape index (κ2) is 8.56. The summed E-state index contributed by atoms with van der Waals surface area (Å²) in [6, 6.07) is 17.5. The lowest BCUT2D eigenvalue weighted by molar-refractivity contribution is -0.132. The number of hydrogen-bond acceptors (Lipinski definition) is 7. The van der Waals surface area contributed by atoms with Crippen molar-refractivity contribution in [1.82, 2.24) is 14.4 Å². The van der Waals surface area contributed by atoms with Crippen LogP contribution < -0.4 is 9.64 Å². The molecule has 1 unspecified atom stereocenters. The van der Waals surface area contributed by atoms with Crippen LogP contribution in [0.2, 0.25) is 0 Å². The van der Waals surface area contributed by atoms with Crippen LogP contribution in [0.3, 0.4) is 0 Å². The van der Waals surface area contributed by atoms with Gasteiger partial charge in [-0.2, -0.15) is 0 Å². The van der Waals surface area contributed by atoms with Gasteiger partial charge in [0.25, 0.3) is 5.78 Å². The zero-order valence-corrected chi connectivity index (χ0v) is 21.1. The largest absolute Gasteiger partial charge is 0.505 e. The number of imidazole rings is 1. The van der Waals surface area contributed by atoms with Crippen LogP contribution in [0.25, 0.3) is 21.6 Å². The molecule has 3 aromatic heterocycles. The van der Waals surface area contributed by atoms with Gasteiger partial charge in [0.15, 0.2) is 10.9 Å². The van der Waals surface area contributed by atoms with Gasteiger partial charge in [0.1, 0.15) is 17.1 Å². The lowest BCUT2D eigenvalue weighted by Crippen LogP contribution is -2.29. The van der Waals surface area contributed by atoms with Crippen molar-refractivity contribution in [2.45, 2.75) is 19.9 Å². The van der Waals surface area contributed by atoms with Gasteiger partial charge in [0.05, 0.1) is 34.6 Å². The van der Waals surface area contributed by atoms with Gasteiger partial charge in [-0.1, -0.05) is 35.6 Å². The Labute approximate surface area is 216 Å². The number of thiazole rings is 1. The van der Waals surface area contributed by atoms with Crippen molar-refractivity contribution < 1.29 is 19.4 Å². The number of rotatable bonds is 4. The highest BCUT2D eigenvalue weighted by Crippen LogP contribution is 2.45. The number of aliphatic hydroxyl groups is 1. The Morgan fingerprint density at radius 1 is 1.03 bits per heavy atom. The summed E-state index contributed by atoms with van der Waals surface area (Å²) in [6.07, 6.45) is 1.76. The van der Waals surface area contributed by atoms with Crippen molar-refractivity contribution in [3.8, 4) is 5.75 Å². The van der Waals surface area contributed by atoms with Crippen molar-refractivity contribution in [2.24, 2.45) is 0 Å². The van der Waals surface area contributed by atoms with Gasteiger partial charge < -0.3 is 9.84 Å². The number of Topliss-reactive ketones (excluding diaryl/α,β-unsaturated/α-hetero) is 1. The average Bonchev–Trinajstić information content (AvgIpc) is 3.54. The van der Waals surface area contributed by atoms with Gasteiger partial charge >= 0.3 is 5.91 Å². The monoisotopic (exact) mass is 510 g/mol. The molecule has 2 aromatic carbocycles. The van der Waals surface area contributed by atoms with E-state index in [0.717, 1.165) is 15.8 Å². The Morgan fingerprint density at radius 2 is 1.86 bits per heavy atom. The number of carbonyl (C=O) groups excluding carboxylic acids is 2. The van der Waals surface area contributed by atoms with E-state index in [1.807, 2.05) is 43.3 Å². The van der Waals surface area contributed by atoms with Crippen LogP contribution in [-0.4, -0.2) is 38.3 Å². The quantitative estimate of drug-likeness (QED) is 0.203. The Kier molecular flexibility index (Phi) is 5.31. The van der Waals surface area contributed by atoms with Crippen LogP contribution in [0.1, 0.15) is 28.6 Å². The molecular weight excluding hydrogens is 488 g/mol. The molecule has 1 amide bonds. The lowest BCUT2D eigenvalue weighted by Gasteiger charge is -2.23. The first-order valence-corrected chi connectivity index (χ1v) is 12.4. The molecule has 0 saturated carbocycles. The second-order valence-corrected chi connectivity index (χ2v) is 9.90. The third kappa shape index (κ3) is 3.58. The number of ether oxygens (including phenoxy) is 1. The van der Waals surface area contributed by atoms with E-state index in [-0.39, 0.29) is 11.3 Å². The molecule has 1 atom stereocenters. The van der Waals surface area contributed by atoms with E-state index in [0.29, 0.717) is 33.5 Å². The molecule has 0 aliphatic carbocycles. The van der Waals surface area contributed by atoms with Crippen molar-refractivity contribution in [2.75, 3.05) is 12.0 Å². The topological polar surface area (TPSA) is 97.0 Å². The van der Waals surface area contributed by atoms with E-state index >= 15 is 0 Å². The minimum absolute atomic E-state index is 0.0255. The number of aromatic nitrogens is 3. The number of aliphatic hydroxyl groups excluding tert-OH is 1. The maximum Gasteiger partial charge on any atom is 0.301 e. The van der Waals surface area contributed by atoms with Crippen LogP contribution in [0.4, 0.5) is 5.13 Å². The van der Waals surface area contributed by atoms with Crippen molar-refractivity contribution in [3.63, 3.8) is 0 Å². The van der Waals surface area contributed by atoms with Crippen molar-refractivity contribution in [3.05, 3.63) is 94.9 Å². The Morgan fingerprint density at radius 3 is 2.68 bits per heavy atom. The Bertz CT molecular complexity index is 1770. The molecule has 0 bridgehead atoms. The molecule has 0 radical (unpaired) electrons. The third-order valence-electron chi connectivity index (χ3n) is 6.52. The maximum atomic E-state index is 13.6. The molecule has 37 heavy (non-hydrogen) atoms. The van der Waals surface area contributed by atoms with Gasteiger partial charge in [0, 0.05) is 6.20 Å². The first-order chi connectivity index (χ1) is 17.9. The predicted molar refractivity (Wildman–Crippen MR) is 142 cm³/mol. The van der Waals surface area contributed by atoms with Crippen molar-refractivity contribution in [1.29, 1.82) is 0 Å². The van der Waals surface area contributed by atoms with Gasteiger partial charge in [-0.15, -0.1) is 0 Å². The number of benzene rings is 2. The fraction of sp³-hybridized carbons (Fsp3) is 0.143. The number of ketones is 1. The van der Waals surface area contributed by atoms with Crippen LogP contribution in [-0.2, 0) is 9.59 Å². The summed E-state index contributed by atoms with van der Waals surface area (Å²) in [5, 5.41) is 12.0. The smallest absolute Gasteiger partial charge is 0.301 e. The molecule has 1 N–H and O–H groups in total. The van der Waals surface area contributed by atoms with Gasteiger partial charge in [-0.25, -0.2) is 9.97 Å². The zero-order chi connectivity index (χ0) is 25.8. The van der Waals surface area contributed by atoms with Gasteiger partial charge in [0.2, 0.25) is 0 Å². The number of amides is 1. The molecule has 5 aromatic rings. The van der Waals surface area contributed by atoms with Crippen LogP contribution in [0.5, 0.6) is 5.75 Å². The molecule has 4 heterocycles. The summed E-state index contributed by atoms with van der Waals surface area (Å²) in [7, 11) is 1.55. The number of carbonyl (C=O) groups is 2. The highest BCUT2D eigenvalue weighted by Gasteiger charge is 2.48. The number of methoxy groups -OCH3 is 1. The SMILES string of the molecule is COc1cccc(C2C(=C(O)c3c(C)nc4ccccn34)C(=O)C(=O)N2c2nc3ccc(C)cc3s2)c1. The summed E-state index contributed by atoms with van der Waals surface area (Å²) >= 11 is 1.33. The van der Waals surface area contributed by atoms with E-state index in [1.54, 1.807) is 48.9 Å². The minimum Gasteiger partial charge on any atom is -0.505 e. The maximum absolute atomic E-state index is 13.6. The van der Waals surface area contributed by atoms with E-state index in [4.69, 9.17) is 4.74 Å². The van der Waals surface area contributed by atoms with E-state index in [2.05, 4.69) is 9.97 Å². The van der Waals surface area contributed by atoms with E-state index in [1.165, 1.54) is 16.2 Å². The first kappa shape index (κ1) is 22.9. The number of nitrogens with zero attached hydrogens (tertiary/aromatic N) is 4. The van der Waals surface area contributed by atoms with E-state index in [9.17, 15) is 14.7 Å². The molecule has 184 valence electrons. The molecular formula is C28H22N4O4S. The first-order valence-electron chi connectivity index (χ1n) is 11.6. The Hall–Kier alpha value is -4.50. The normalized spacial score (nSPS) is 17.3. The van der Waals surface area contributed by atoms with Gasteiger partial charge in [-0.3, -0.25) is 18.9 Å². The molecule has 6 rings (SSSR count). The summed E-state index contributed by atoms with van der Waals surface area (Å²) in [6.45, 7) is 3.74. The summed E-state index contributed by atoms with van der Waals surface area (Å²) in [4.78, 5) is 37.7. The third-order valence-corrected chi connectivity index (χ3v) is 7.54. The average molecular weight is 511 g/mol. The van der Waals surface area contributed by atoms with E-state index < -0.39 is 17.7 Å². The fourth-order valence-corrected chi connectivity index (χ4v) is 5.90. The van der Waals surface area contributed by atoms with Crippen LogP contribution in [0, 0.1) is 13.8 Å². The standard InChI is InChI=1S/C28H22N4O4S/c1-15-10-11-19-20(13-15)37-28(30-19)32-24(17-7-6-8-18(14-17)36-3)22(26(34)27(32)35)25(33)23-16(2)29-21-9-4-5-12-31(21)23/h4-14,24,33H,1-3H3. The molecule has 1 fully saturated rings. The summed E-state index contributed by atoms with van der Waals surface area (Å²) in [5.41, 5.74) is 3.91. The fourth-order valence-electron chi connectivity index (χ4n) is 4.81. The molecule has 1 aliphatic heterocycles. The lowest BCUT2D eigenvalue weighted by atomic mass is 9.96. The molecule has 0 spiro atoms. The number of aryl methyl sites for hydroxylation is 2. The minimum atomic E-state index is -0.912. The number of hydrogen-bond donors (Lipinski definition) is 1. The molecule has 9 heteroatoms. The Balaban J connectivity index is 1.62. The highest BCUT2D eigenvalue weighted by atomic mass is 32.1. The van der Waals surface area contributed by atoms with Gasteiger partial charge in [-0.05, 0) is 61.4 Å². The summed E-state index contributed by atoms with van der Waals surface area (Å²) in [5.74, 6) is -1.27. The highest BCUT2D eigenvalue weighted by molar-refractivity contribution is 7.22. The molecule has 8 nitrogen and oxygen atoms in total. The van der Waals surface area contributed by atoms with Crippen molar-refractivity contribution >= 4 is 49.8 Å². The van der Waals surface area contributed by atoms with Crippen LogP contribution >= 0.6 is 11.3 Å². The number of anilines is 1. The van der Waals surface area contributed by atoms with Crippen LogP contribution in [0.15, 0.2) is 72.4 Å². The second-order valence-electron chi connectivity index (χ2n) is 8.89. The molecule has 1 aliphatic rings. The number of pyridine rings is 1. The number of fused-ring (bicyclic) bond motifs is 2.